The second-order valence-electron chi connectivity index (χ2n) is 30.9. The molecule has 2 nitrogen and oxygen atoms in total. The Hall–Kier alpha value is -5.84. The molecule has 2 bridgehead atoms. The Bertz CT molecular complexity index is 3890. The first-order chi connectivity index (χ1) is 37.1. The first-order valence-electron chi connectivity index (χ1n) is 30.1. The zero-order valence-corrected chi connectivity index (χ0v) is 51.3. The largest absolute Gasteiger partial charge is 0.311 e. The molecule has 8 aromatic rings. The van der Waals surface area contributed by atoms with Crippen LogP contribution in [0.1, 0.15) is 200 Å². The number of anilines is 6. The maximum absolute atomic E-state index is 2.85. The third-order valence-corrected chi connectivity index (χ3v) is 22.6. The van der Waals surface area contributed by atoms with Crippen LogP contribution < -0.4 is 25.5 Å². The third-order valence-electron chi connectivity index (χ3n) is 21.4. The molecule has 3 heterocycles. The van der Waals surface area contributed by atoms with E-state index in [0.29, 0.717) is 0 Å². The van der Waals surface area contributed by atoms with Crippen molar-refractivity contribution in [1.29, 1.82) is 0 Å². The first-order valence-corrected chi connectivity index (χ1v) is 30.9. The molecule has 0 spiro atoms. The fraction of sp³-hybridized carbons (Fsp3) is 0.413. The Labute approximate surface area is 478 Å². The minimum atomic E-state index is -0.165. The van der Waals surface area contributed by atoms with Crippen molar-refractivity contribution in [3.05, 3.63) is 172 Å². The lowest BCUT2D eigenvalue weighted by Gasteiger charge is -2.47. The van der Waals surface area contributed by atoms with E-state index >= 15 is 0 Å². The Balaban J connectivity index is 1.17. The monoisotopic (exact) mass is 1050 g/mol. The lowest BCUT2D eigenvalue weighted by molar-refractivity contribution is 0.332. The van der Waals surface area contributed by atoms with Gasteiger partial charge in [-0.1, -0.05) is 184 Å². The minimum absolute atomic E-state index is 0.00655. The van der Waals surface area contributed by atoms with Gasteiger partial charge in [0.25, 0.3) is 6.71 Å². The van der Waals surface area contributed by atoms with Gasteiger partial charge >= 0.3 is 0 Å². The van der Waals surface area contributed by atoms with E-state index in [2.05, 4.69) is 259 Å². The zero-order chi connectivity index (χ0) is 55.5. The molecule has 1 aromatic heterocycles. The van der Waals surface area contributed by atoms with Crippen molar-refractivity contribution >= 4 is 78.0 Å². The molecule has 0 saturated heterocycles. The number of fused-ring (bicyclic) bond motifs is 13. The smallest absolute Gasteiger partial charge is 0.264 e. The predicted octanol–water partition coefficient (Wildman–Crippen LogP) is 19.3. The van der Waals surface area contributed by atoms with Gasteiger partial charge in [-0.25, -0.2) is 0 Å². The van der Waals surface area contributed by atoms with Gasteiger partial charge in [0.15, 0.2) is 0 Å². The van der Waals surface area contributed by atoms with Crippen molar-refractivity contribution in [2.75, 3.05) is 9.80 Å². The highest BCUT2D eigenvalue weighted by molar-refractivity contribution is 7.33. The number of hydrogen-bond donors (Lipinski definition) is 0. The topological polar surface area (TPSA) is 6.48 Å². The molecule has 2 unspecified atom stereocenters. The summed E-state index contributed by atoms with van der Waals surface area (Å²) in [4.78, 5) is 5.64. The van der Waals surface area contributed by atoms with Crippen LogP contribution in [0.2, 0.25) is 0 Å². The van der Waals surface area contributed by atoms with Crippen LogP contribution in [0.5, 0.6) is 0 Å². The van der Waals surface area contributed by atoms with Gasteiger partial charge in [-0.2, -0.15) is 0 Å². The summed E-state index contributed by atoms with van der Waals surface area (Å²) >= 11 is 2.10. The average Bonchev–Trinajstić information content (AvgIpc) is 4.25. The van der Waals surface area contributed by atoms with E-state index < -0.39 is 0 Å². The Morgan fingerprint density at radius 1 is 0.418 bits per heavy atom. The number of benzene rings is 7. The van der Waals surface area contributed by atoms with Crippen LogP contribution in [0.25, 0.3) is 32.3 Å². The molecule has 0 N–H and O–H groups in total. The maximum Gasteiger partial charge on any atom is 0.264 e. The van der Waals surface area contributed by atoms with E-state index in [9.17, 15) is 0 Å². The van der Waals surface area contributed by atoms with E-state index in [-0.39, 0.29) is 50.0 Å². The Morgan fingerprint density at radius 2 is 0.861 bits per heavy atom. The van der Waals surface area contributed by atoms with Crippen molar-refractivity contribution < 1.29 is 0 Å². The molecule has 7 aromatic carbocycles. The molecule has 402 valence electrons. The normalized spacial score (nSPS) is 22.5. The first kappa shape index (κ1) is 51.3. The lowest BCUT2D eigenvalue weighted by atomic mass is 9.36. The van der Waals surface area contributed by atoms with Crippen molar-refractivity contribution in [3.8, 4) is 22.3 Å². The standard InChI is InChI=1S/C75H83BN2S/c1-68(2,3)47-27-28-58-61(35-47)77(59-41-54-52(70(7,8)29-31-72(54,11)12)38-49(59)45-23-19-17-20-24-45)62-36-48(69(4,5)6)37-63-65(62)76(58)67-66(51-40-56-57(43-64(51)79-67)75(16)34-33-74(56,15)44-75)78(63)60-42-55-53(71(9,10)30-32-73(55,13)14)39-50(60)46-25-21-18-22-26-46/h17-28,35-43H,29-34,44H2,1-16H3. The number of rotatable bonds is 4. The molecule has 2 atom stereocenters. The number of nitrogens with zero attached hydrogens (tertiary/aromatic N) is 2. The molecular weight excluding hydrogens is 972 g/mol. The number of thiophene rings is 1. The van der Waals surface area contributed by atoms with E-state index in [4.69, 9.17) is 0 Å². The Kier molecular flexibility index (Phi) is 10.7. The van der Waals surface area contributed by atoms with Gasteiger partial charge in [0.05, 0.1) is 17.1 Å². The highest BCUT2D eigenvalue weighted by atomic mass is 32.1. The summed E-state index contributed by atoms with van der Waals surface area (Å²) in [7, 11) is 0. The molecule has 4 aliphatic carbocycles. The van der Waals surface area contributed by atoms with E-state index in [0.717, 1.165) is 12.8 Å². The molecule has 14 rings (SSSR count). The maximum atomic E-state index is 2.85. The summed E-state index contributed by atoms with van der Waals surface area (Å²) in [6, 6.07) is 51.8. The van der Waals surface area contributed by atoms with Gasteiger partial charge in [-0.15, -0.1) is 11.3 Å². The average molecular weight is 1060 g/mol. The number of hydrogen-bond acceptors (Lipinski definition) is 3. The van der Waals surface area contributed by atoms with Crippen LogP contribution in [0.4, 0.5) is 34.1 Å². The van der Waals surface area contributed by atoms with Gasteiger partial charge in [-0.05, 0) is 209 Å². The highest BCUT2D eigenvalue weighted by Gasteiger charge is 2.54. The molecular formula is C75H83BN2S. The van der Waals surface area contributed by atoms with E-state index in [1.807, 2.05) is 0 Å². The highest BCUT2D eigenvalue weighted by Crippen LogP contribution is 2.63. The molecule has 1 saturated carbocycles. The molecule has 0 amide bonds. The van der Waals surface area contributed by atoms with Crippen molar-refractivity contribution in [2.24, 2.45) is 0 Å². The fourth-order valence-electron chi connectivity index (χ4n) is 16.3. The molecule has 0 radical (unpaired) electrons. The summed E-state index contributed by atoms with van der Waals surface area (Å²) in [6.45, 7) is 39.6. The van der Waals surface area contributed by atoms with Gasteiger partial charge in [0.2, 0.25) is 0 Å². The van der Waals surface area contributed by atoms with Crippen molar-refractivity contribution in [1.82, 2.24) is 0 Å². The second kappa shape index (κ2) is 16.4. The lowest BCUT2D eigenvalue weighted by Crippen LogP contribution is -2.60. The van der Waals surface area contributed by atoms with Crippen molar-refractivity contribution in [2.45, 2.75) is 199 Å². The fourth-order valence-corrected chi connectivity index (χ4v) is 17.6. The zero-order valence-electron chi connectivity index (χ0n) is 50.5. The Morgan fingerprint density at radius 3 is 1.35 bits per heavy atom. The quantitative estimate of drug-likeness (QED) is 0.162. The van der Waals surface area contributed by atoms with Crippen LogP contribution in [0, 0.1) is 0 Å². The van der Waals surface area contributed by atoms with Crippen molar-refractivity contribution in [3.63, 3.8) is 0 Å². The van der Waals surface area contributed by atoms with Crippen LogP contribution in [0.3, 0.4) is 0 Å². The van der Waals surface area contributed by atoms with Crippen LogP contribution in [-0.2, 0) is 43.3 Å². The summed E-state index contributed by atoms with van der Waals surface area (Å²) in [6.07, 6.45) is 8.43. The molecule has 79 heavy (non-hydrogen) atoms. The van der Waals surface area contributed by atoms with E-state index in [1.165, 1.54) is 148 Å². The van der Waals surface area contributed by atoms with Gasteiger partial charge in [0, 0.05) is 43.1 Å². The summed E-state index contributed by atoms with van der Waals surface area (Å²) in [5.41, 5.74) is 28.1. The van der Waals surface area contributed by atoms with Crippen LogP contribution in [0.15, 0.2) is 127 Å². The summed E-state index contributed by atoms with van der Waals surface area (Å²) in [5, 5.41) is 1.42. The van der Waals surface area contributed by atoms with Gasteiger partial charge < -0.3 is 9.80 Å². The molecule has 6 aliphatic rings. The summed E-state index contributed by atoms with van der Waals surface area (Å²) < 4.78 is 2.90. The summed E-state index contributed by atoms with van der Waals surface area (Å²) in [5.74, 6) is 0. The third kappa shape index (κ3) is 7.46. The van der Waals surface area contributed by atoms with Crippen LogP contribution >= 0.6 is 11.3 Å². The SMILES string of the molecule is CC(C)(C)c1ccc2c(c1)N(c1cc3c(cc1-c1ccccc1)C(C)(C)CCC3(C)C)c1cc(C(C)(C)C)cc3c1B2c1sc2cc4c(cc2c1N3c1cc2c(cc1-c1ccccc1)C(C)(C)CCC2(C)C)C1(C)CCC4(C)C1. The molecule has 2 aliphatic heterocycles. The molecule has 1 fully saturated rings. The van der Waals surface area contributed by atoms with Crippen LogP contribution in [-0.4, -0.2) is 6.71 Å². The minimum Gasteiger partial charge on any atom is -0.311 e. The predicted molar refractivity (Wildman–Crippen MR) is 343 cm³/mol. The van der Waals surface area contributed by atoms with E-state index in [1.54, 1.807) is 11.1 Å². The second-order valence-corrected chi connectivity index (χ2v) is 32.0. The van der Waals surface area contributed by atoms with Gasteiger partial charge in [0.1, 0.15) is 0 Å². The molecule has 4 heteroatoms. The van der Waals surface area contributed by atoms with Gasteiger partial charge in [-0.3, -0.25) is 0 Å².